The maximum Gasteiger partial charge on any atom is 0.238 e. The normalized spacial score (nSPS) is 16.1. The molecular formula is C21H25N5O3S. The zero-order valence-electron chi connectivity index (χ0n) is 16.8. The van der Waals surface area contributed by atoms with E-state index in [2.05, 4.69) is 28.5 Å². The Kier molecular flexibility index (Phi) is 5.52. The summed E-state index contributed by atoms with van der Waals surface area (Å²) >= 11 is 0. The van der Waals surface area contributed by atoms with Crippen molar-refractivity contribution in [3.63, 3.8) is 0 Å². The second-order valence-electron chi connectivity index (χ2n) is 7.30. The average Bonchev–Trinajstić information content (AvgIpc) is 3.37. The number of nitrogens with two attached hydrogens (primary N) is 1. The van der Waals surface area contributed by atoms with Crippen LogP contribution >= 0.6 is 0 Å². The molecule has 0 spiro atoms. The van der Waals surface area contributed by atoms with Gasteiger partial charge in [-0.25, -0.2) is 18.6 Å². The average molecular weight is 428 g/mol. The lowest BCUT2D eigenvalue weighted by molar-refractivity contribution is 0.142. The fourth-order valence-corrected chi connectivity index (χ4v) is 4.10. The van der Waals surface area contributed by atoms with E-state index in [1.807, 2.05) is 29.4 Å². The summed E-state index contributed by atoms with van der Waals surface area (Å²) in [7, 11) is -2.05. The molecule has 4 N–H and O–H groups in total. The van der Waals surface area contributed by atoms with Gasteiger partial charge < -0.3 is 10.2 Å². The van der Waals surface area contributed by atoms with Crippen LogP contribution in [0.3, 0.4) is 0 Å². The summed E-state index contributed by atoms with van der Waals surface area (Å²) in [6.45, 7) is 7.11. The van der Waals surface area contributed by atoms with Crippen molar-refractivity contribution >= 4 is 15.7 Å². The third kappa shape index (κ3) is 4.19. The topological polar surface area (TPSA) is 99.9 Å². The molecule has 4 rings (SSSR count). The zero-order chi connectivity index (χ0) is 21.3. The lowest BCUT2D eigenvalue weighted by atomic mass is 10.0. The molecule has 0 saturated carbocycles. The first kappa shape index (κ1) is 20.4. The van der Waals surface area contributed by atoms with Crippen molar-refractivity contribution in [2.45, 2.75) is 11.4 Å². The minimum absolute atomic E-state index is 0.104. The molecule has 8 nitrogen and oxygen atoms in total. The van der Waals surface area contributed by atoms with Crippen LogP contribution in [0, 0.1) is 0 Å². The summed E-state index contributed by atoms with van der Waals surface area (Å²) in [5.41, 5.74) is 12.5. The van der Waals surface area contributed by atoms with Gasteiger partial charge in [0.15, 0.2) is 0 Å². The molecule has 0 amide bonds. The van der Waals surface area contributed by atoms with Crippen LogP contribution in [0.1, 0.15) is 5.56 Å². The maximum atomic E-state index is 11.7. The summed E-state index contributed by atoms with van der Waals surface area (Å²) in [4.78, 5) is 0.104. The number of anilines is 1. The van der Waals surface area contributed by atoms with Gasteiger partial charge >= 0.3 is 0 Å². The molecular weight excluding hydrogens is 402 g/mol. The van der Waals surface area contributed by atoms with E-state index in [0.717, 1.165) is 46.7 Å². The van der Waals surface area contributed by atoms with Gasteiger partial charge in [0, 0.05) is 32.0 Å². The van der Waals surface area contributed by atoms with Crippen LogP contribution in [0.5, 0.6) is 0 Å². The van der Waals surface area contributed by atoms with Crippen LogP contribution in [0.4, 0.5) is 5.69 Å². The highest BCUT2D eigenvalue weighted by Gasteiger charge is 2.25. The Morgan fingerprint density at radius 3 is 2.77 bits per heavy atom. The SMILES string of the molecule is C=C(C1=CNN(CCOC)C1)N1Cc2cc(-c3cccc(S(N)(=O)=O)c3)ccc2N1. The monoisotopic (exact) mass is 427 g/mol. The first-order valence-electron chi connectivity index (χ1n) is 9.54. The molecule has 2 aliphatic rings. The molecule has 0 bridgehead atoms. The van der Waals surface area contributed by atoms with E-state index in [9.17, 15) is 8.42 Å². The van der Waals surface area contributed by atoms with Gasteiger partial charge in [-0.05, 0) is 41.0 Å². The van der Waals surface area contributed by atoms with Crippen molar-refractivity contribution in [3.8, 4) is 11.1 Å². The second-order valence-corrected chi connectivity index (χ2v) is 8.86. The Labute approximate surface area is 176 Å². The number of rotatable bonds is 7. The van der Waals surface area contributed by atoms with Crippen LogP contribution in [-0.2, 0) is 21.3 Å². The summed E-state index contributed by atoms with van der Waals surface area (Å²) in [6, 6.07) is 12.7. The number of nitrogens with one attached hydrogen (secondary N) is 2. The van der Waals surface area contributed by atoms with E-state index in [1.54, 1.807) is 19.2 Å². The van der Waals surface area contributed by atoms with Gasteiger partial charge in [-0.2, -0.15) is 0 Å². The van der Waals surface area contributed by atoms with Crippen molar-refractivity contribution in [1.82, 2.24) is 15.4 Å². The minimum atomic E-state index is -3.74. The number of sulfonamides is 1. The molecule has 9 heteroatoms. The van der Waals surface area contributed by atoms with Gasteiger partial charge in [0.1, 0.15) is 0 Å². The van der Waals surface area contributed by atoms with Crippen LogP contribution in [0.2, 0.25) is 0 Å². The summed E-state index contributed by atoms with van der Waals surface area (Å²) in [5, 5.41) is 9.36. The fourth-order valence-electron chi connectivity index (χ4n) is 3.54. The molecule has 0 aliphatic carbocycles. The summed E-state index contributed by atoms with van der Waals surface area (Å²) in [6.07, 6.45) is 1.97. The van der Waals surface area contributed by atoms with Crippen LogP contribution in [0.15, 0.2) is 71.4 Å². The molecule has 0 saturated heterocycles. The smallest absolute Gasteiger partial charge is 0.238 e. The van der Waals surface area contributed by atoms with Gasteiger partial charge in [-0.15, -0.1) is 0 Å². The predicted octanol–water partition coefficient (Wildman–Crippen LogP) is 2.01. The van der Waals surface area contributed by atoms with Gasteiger partial charge in [-0.1, -0.05) is 24.8 Å². The van der Waals surface area contributed by atoms with E-state index < -0.39 is 10.0 Å². The van der Waals surface area contributed by atoms with Crippen LogP contribution < -0.4 is 16.0 Å². The van der Waals surface area contributed by atoms with Crippen molar-refractivity contribution in [1.29, 1.82) is 0 Å². The molecule has 2 aliphatic heterocycles. The molecule has 158 valence electrons. The Hall–Kier alpha value is -2.85. The van der Waals surface area contributed by atoms with Crippen molar-refractivity contribution in [3.05, 3.63) is 72.1 Å². The van der Waals surface area contributed by atoms with Crippen LogP contribution in [0.25, 0.3) is 11.1 Å². The molecule has 2 aromatic rings. The minimum Gasteiger partial charge on any atom is -0.383 e. The number of primary sulfonamides is 1. The zero-order valence-corrected chi connectivity index (χ0v) is 17.6. The fraction of sp³-hybridized carbons (Fsp3) is 0.238. The lowest BCUT2D eigenvalue weighted by Gasteiger charge is -2.22. The molecule has 0 atom stereocenters. The summed E-state index contributed by atoms with van der Waals surface area (Å²) in [5.74, 6) is 0. The highest BCUT2D eigenvalue weighted by atomic mass is 32.2. The van der Waals surface area contributed by atoms with Crippen molar-refractivity contribution in [2.24, 2.45) is 5.14 Å². The number of hydrazine groups is 2. The molecule has 30 heavy (non-hydrogen) atoms. The number of hydrogen-bond donors (Lipinski definition) is 3. The van der Waals surface area contributed by atoms with Crippen LogP contribution in [-0.4, -0.2) is 45.2 Å². The second kappa shape index (κ2) is 8.11. The third-order valence-electron chi connectivity index (χ3n) is 5.23. The number of methoxy groups -OCH3 is 1. The standard InChI is InChI=1S/C21H25N5O3S/c1-15(19-12-23-25(13-19)8-9-29-2)26-14-18-10-17(6-7-21(18)24-26)16-4-3-5-20(11-16)30(22,27)28/h3-7,10-12,23-24H,1,8-9,13-14H2,2H3,(H2,22,27,28). The third-order valence-corrected chi connectivity index (χ3v) is 6.14. The Morgan fingerprint density at radius 1 is 1.20 bits per heavy atom. The van der Waals surface area contributed by atoms with E-state index in [1.165, 1.54) is 6.07 Å². The number of benzene rings is 2. The predicted molar refractivity (Wildman–Crippen MR) is 116 cm³/mol. The molecule has 2 aromatic carbocycles. The van der Waals surface area contributed by atoms with Gasteiger partial charge in [-0.3, -0.25) is 10.4 Å². The molecule has 0 fully saturated rings. The van der Waals surface area contributed by atoms with E-state index in [0.29, 0.717) is 13.2 Å². The summed E-state index contributed by atoms with van der Waals surface area (Å²) < 4.78 is 28.4. The lowest BCUT2D eigenvalue weighted by Crippen LogP contribution is -2.34. The number of hydrogen-bond acceptors (Lipinski definition) is 7. The van der Waals surface area contributed by atoms with E-state index in [-0.39, 0.29) is 4.90 Å². The molecule has 2 heterocycles. The largest absolute Gasteiger partial charge is 0.383 e. The first-order chi connectivity index (χ1) is 14.3. The maximum absolute atomic E-state index is 11.7. The molecule has 0 radical (unpaired) electrons. The van der Waals surface area contributed by atoms with Gasteiger partial charge in [0.2, 0.25) is 10.0 Å². The Balaban J connectivity index is 1.48. The van der Waals surface area contributed by atoms with Crippen molar-refractivity contribution < 1.29 is 13.2 Å². The quantitative estimate of drug-likeness (QED) is 0.621. The number of ether oxygens (including phenoxy) is 1. The number of fused-ring (bicyclic) bond motifs is 1. The molecule has 0 aromatic heterocycles. The van der Waals surface area contributed by atoms with Crippen molar-refractivity contribution in [2.75, 3.05) is 32.2 Å². The van der Waals surface area contributed by atoms with Gasteiger partial charge in [0.25, 0.3) is 0 Å². The Morgan fingerprint density at radius 2 is 2.00 bits per heavy atom. The van der Waals surface area contributed by atoms with Gasteiger partial charge in [0.05, 0.1) is 29.4 Å². The highest BCUT2D eigenvalue weighted by Crippen LogP contribution is 2.33. The first-order valence-corrected chi connectivity index (χ1v) is 11.1. The Bertz CT molecular complexity index is 1110. The highest BCUT2D eigenvalue weighted by molar-refractivity contribution is 7.89. The van der Waals surface area contributed by atoms with E-state index in [4.69, 9.17) is 9.88 Å². The molecule has 0 unspecified atom stereocenters. The van der Waals surface area contributed by atoms with E-state index >= 15 is 0 Å². The number of nitrogens with zero attached hydrogens (tertiary/aromatic N) is 2.